The maximum atomic E-state index is 12.6. The first-order valence-corrected chi connectivity index (χ1v) is 8.75. The zero-order chi connectivity index (χ0) is 19.4. The average Bonchev–Trinajstić information content (AvgIpc) is 3.35. The maximum Gasteiger partial charge on any atom is 0.280 e. The number of likely N-dealkylation sites (N-methyl/N-ethyl adjacent to an activating group) is 1. The Balaban J connectivity index is 1.77. The number of rotatable bonds is 7. The smallest absolute Gasteiger partial charge is 0.280 e. The molecule has 140 valence electrons. The molecule has 1 atom stereocenters. The predicted octanol–water partition coefficient (Wildman–Crippen LogP) is 1.86. The third-order valence-electron chi connectivity index (χ3n) is 4.61. The minimum Gasteiger partial charge on any atom is -0.467 e. The van der Waals surface area contributed by atoms with Gasteiger partial charge >= 0.3 is 0 Å². The molecule has 3 aromatic heterocycles. The zero-order valence-corrected chi connectivity index (χ0v) is 15.7. The number of carbonyl (C=O) groups excluding carboxylic acids is 1. The maximum absolute atomic E-state index is 12.6. The van der Waals surface area contributed by atoms with Gasteiger partial charge in [-0.2, -0.15) is 5.26 Å². The molecule has 1 unspecified atom stereocenters. The van der Waals surface area contributed by atoms with Crippen LogP contribution in [0.3, 0.4) is 0 Å². The Morgan fingerprint density at radius 1 is 1.22 bits per heavy atom. The van der Waals surface area contributed by atoms with Crippen LogP contribution in [-0.4, -0.2) is 24.1 Å². The number of aromatic nitrogens is 1. The second-order valence-electron chi connectivity index (χ2n) is 6.65. The lowest BCUT2D eigenvalue weighted by Gasteiger charge is -2.14. The Morgan fingerprint density at radius 3 is 2.48 bits per heavy atom. The summed E-state index contributed by atoms with van der Waals surface area (Å²) in [6.07, 6.45) is 3.23. The van der Waals surface area contributed by atoms with Crippen molar-refractivity contribution in [1.82, 2.24) is 4.57 Å². The lowest BCUT2D eigenvalue weighted by molar-refractivity contribution is -0.886. The first kappa shape index (κ1) is 18.5. The Bertz CT molecular complexity index is 947. The molecule has 1 amide bonds. The molecule has 0 saturated carbocycles. The summed E-state index contributed by atoms with van der Waals surface area (Å²) in [5.74, 6) is 1.94. The van der Waals surface area contributed by atoms with E-state index < -0.39 is 0 Å². The molecule has 0 aromatic carbocycles. The van der Waals surface area contributed by atoms with E-state index in [0.717, 1.165) is 27.7 Å². The number of nitrogens with zero attached hydrogens (tertiary/aromatic N) is 2. The van der Waals surface area contributed by atoms with Gasteiger partial charge in [-0.05, 0) is 43.7 Å². The molecule has 3 heterocycles. The standard InChI is InChI=1S/C20H22N4O3/c1-14-15(2)24(12-17-7-5-9-27-17)20(18(14)10-21)22-19(25)13-23(3)11-16-6-4-8-26-16/h4-9H,11-13H2,1-3H3,(H,22,25)/p+1. The van der Waals surface area contributed by atoms with Crippen LogP contribution in [0.4, 0.5) is 5.82 Å². The van der Waals surface area contributed by atoms with E-state index in [1.165, 1.54) is 0 Å². The number of hydrogen-bond donors (Lipinski definition) is 2. The molecule has 0 radical (unpaired) electrons. The van der Waals surface area contributed by atoms with Gasteiger partial charge in [0.2, 0.25) is 0 Å². The van der Waals surface area contributed by atoms with Gasteiger partial charge in [0.1, 0.15) is 24.2 Å². The molecule has 3 rings (SSSR count). The summed E-state index contributed by atoms with van der Waals surface area (Å²) in [5.41, 5.74) is 2.27. The van der Waals surface area contributed by atoms with Gasteiger partial charge in [-0.15, -0.1) is 0 Å². The van der Waals surface area contributed by atoms with Crippen LogP contribution in [0.2, 0.25) is 0 Å². The normalized spacial score (nSPS) is 11.9. The fourth-order valence-corrected chi connectivity index (χ4v) is 3.11. The van der Waals surface area contributed by atoms with Crippen LogP contribution in [0.15, 0.2) is 45.6 Å². The molecule has 2 N–H and O–H groups in total. The second-order valence-corrected chi connectivity index (χ2v) is 6.65. The third kappa shape index (κ3) is 4.13. The highest BCUT2D eigenvalue weighted by atomic mass is 16.3. The van der Waals surface area contributed by atoms with Crippen molar-refractivity contribution in [2.45, 2.75) is 26.9 Å². The molecule has 7 heteroatoms. The van der Waals surface area contributed by atoms with E-state index in [1.54, 1.807) is 12.5 Å². The Labute approximate surface area is 157 Å². The van der Waals surface area contributed by atoms with Crippen LogP contribution in [-0.2, 0) is 17.9 Å². The van der Waals surface area contributed by atoms with E-state index in [9.17, 15) is 10.1 Å². The summed E-state index contributed by atoms with van der Waals surface area (Å²) >= 11 is 0. The first-order chi connectivity index (χ1) is 13.0. The molecule has 0 spiro atoms. The van der Waals surface area contributed by atoms with Gasteiger partial charge in [-0.3, -0.25) is 4.79 Å². The number of anilines is 1. The molecule has 27 heavy (non-hydrogen) atoms. The van der Waals surface area contributed by atoms with Gasteiger partial charge in [0, 0.05) is 5.69 Å². The second kappa shape index (κ2) is 7.98. The van der Waals surface area contributed by atoms with Crippen molar-refractivity contribution >= 4 is 11.7 Å². The Hall–Kier alpha value is -3.24. The first-order valence-electron chi connectivity index (χ1n) is 8.75. The Morgan fingerprint density at radius 2 is 1.89 bits per heavy atom. The van der Waals surface area contributed by atoms with E-state index in [1.807, 2.05) is 49.7 Å². The number of amides is 1. The number of furan rings is 2. The van der Waals surface area contributed by atoms with E-state index >= 15 is 0 Å². The Kier molecular flexibility index (Phi) is 5.48. The lowest BCUT2D eigenvalue weighted by atomic mass is 10.2. The van der Waals surface area contributed by atoms with Crippen molar-refractivity contribution in [3.63, 3.8) is 0 Å². The minimum atomic E-state index is -0.159. The fourth-order valence-electron chi connectivity index (χ4n) is 3.11. The number of nitriles is 1. The van der Waals surface area contributed by atoms with Gasteiger partial charge in [0.15, 0.2) is 12.3 Å². The van der Waals surface area contributed by atoms with Crippen LogP contribution in [0.5, 0.6) is 0 Å². The van der Waals surface area contributed by atoms with Crippen LogP contribution >= 0.6 is 0 Å². The zero-order valence-electron chi connectivity index (χ0n) is 15.7. The van der Waals surface area contributed by atoms with E-state index in [4.69, 9.17) is 8.83 Å². The largest absolute Gasteiger partial charge is 0.467 e. The molecule has 0 aliphatic heterocycles. The van der Waals surface area contributed by atoms with Crippen molar-refractivity contribution in [2.75, 3.05) is 18.9 Å². The predicted molar refractivity (Wildman–Crippen MR) is 99.2 cm³/mol. The van der Waals surface area contributed by atoms with Crippen molar-refractivity contribution in [2.24, 2.45) is 0 Å². The molecule has 3 aromatic rings. The van der Waals surface area contributed by atoms with Gasteiger partial charge in [-0.25, -0.2) is 0 Å². The van der Waals surface area contributed by atoms with Gasteiger partial charge in [0.05, 0.1) is 31.7 Å². The molecule has 0 fully saturated rings. The average molecular weight is 367 g/mol. The molecule has 7 nitrogen and oxygen atoms in total. The molecule has 0 aliphatic rings. The topological polar surface area (TPSA) is 88.5 Å². The summed E-state index contributed by atoms with van der Waals surface area (Å²) in [6, 6.07) is 9.61. The SMILES string of the molecule is Cc1c(C#N)c(NC(=O)C[NH+](C)Cc2ccco2)n(Cc2ccco2)c1C. The monoisotopic (exact) mass is 367 g/mol. The van der Waals surface area contributed by atoms with E-state index in [-0.39, 0.29) is 12.5 Å². The van der Waals surface area contributed by atoms with Crippen molar-refractivity contribution in [1.29, 1.82) is 5.26 Å². The molecule has 0 saturated heterocycles. The quantitative estimate of drug-likeness (QED) is 0.667. The van der Waals surface area contributed by atoms with E-state index in [0.29, 0.717) is 24.5 Å². The molecular formula is C20H23N4O3+. The molecule has 0 aliphatic carbocycles. The van der Waals surface area contributed by atoms with Crippen molar-refractivity contribution in [3.8, 4) is 6.07 Å². The van der Waals surface area contributed by atoms with Gasteiger partial charge in [0.25, 0.3) is 5.91 Å². The lowest BCUT2D eigenvalue weighted by Crippen LogP contribution is -3.08. The van der Waals surface area contributed by atoms with E-state index in [2.05, 4.69) is 11.4 Å². The highest BCUT2D eigenvalue weighted by Gasteiger charge is 2.21. The van der Waals surface area contributed by atoms with Crippen molar-refractivity contribution < 1.29 is 18.5 Å². The molecule has 0 bridgehead atoms. The highest BCUT2D eigenvalue weighted by molar-refractivity contribution is 5.92. The number of quaternary nitrogens is 1. The number of nitrogens with one attached hydrogen (secondary N) is 2. The summed E-state index contributed by atoms with van der Waals surface area (Å²) in [7, 11) is 1.92. The van der Waals surface area contributed by atoms with Gasteiger partial charge in [-0.1, -0.05) is 0 Å². The number of carbonyl (C=O) groups is 1. The fraction of sp³-hybridized carbons (Fsp3) is 0.300. The third-order valence-corrected chi connectivity index (χ3v) is 4.61. The van der Waals surface area contributed by atoms with Crippen LogP contribution in [0.1, 0.15) is 28.3 Å². The van der Waals surface area contributed by atoms with Crippen molar-refractivity contribution in [3.05, 3.63) is 65.1 Å². The highest BCUT2D eigenvalue weighted by Crippen LogP contribution is 2.27. The minimum absolute atomic E-state index is 0.159. The van der Waals surface area contributed by atoms with Gasteiger partial charge < -0.3 is 23.6 Å². The summed E-state index contributed by atoms with van der Waals surface area (Å²) in [6.45, 7) is 5.14. The summed E-state index contributed by atoms with van der Waals surface area (Å²) in [4.78, 5) is 13.6. The van der Waals surface area contributed by atoms with Crippen LogP contribution in [0.25, 0.3) is 0 Å². The number of hydrogen-bond acceptors (Lipinski definition) is 4. The van der Waals surface area contributed by atoms with Crippen LogP contribution in [0, 0.1) is 25.2 Å². The molecular weight excluding hydrogens is 344 g/mol. The summed E-state index contributed by atoms with van der Waals surface area (Å²) in [5, 5.41) is 12.5. The van der Waals surface area contributed by atoms with Crippen LogP contribution < -0.4 is 10.2 Å². The summed E-state index contributed by atoms with van der Waals surface area (Å²) < 4.78 is 12.7.